The van der Waals surface area contributed by atoms with E-state index < -0.39 is 0 Å². The third-order valence-electron chi connectivity index (χ3n) is 4.40. The summed E-state index contributed by atoms with van der Waals surface area (Å²) in [5, 5.41) is 2.14. The Balaban J connectivity index is 1.71. The number of thiophene rings is 1. The molecule has 2 heterocycles. The molecule has 0 bridgehead atoms. The number of nitrogens with zero attached hydrogens (tertiary/aromatic N) is 1. The van der Waals surface area contributed by atoms with Gasteiger partial charge in [-0.2, -0.15) is 0 Å². The van der Waals surface area contributed by atoms with Crippen molar-refractivity contribution < 1.29 is 4.79 Å². The number of rotatable bonds is 2. The van der Waals surface area contributed by atoms with Crippen LogP contribution in [0.4, 0.5) is 0 Å². The summed E-state index contributed by atoms with van der Waals surface area (Å²) in [5.74, 6) is 0.955. The van der Waals surface area contributed by atoms with Crippen molar-refractivity contribution in [3.05, 3.63) is 21.9 Å². The van der Waals surface area contributed by atoms with E-state index in [-0.39, 0.29) is 5.92 Å². The molecule has 3 rings (SSSR count). The summed E-state index contributed by atoms with van der Waals surface area (Å²) in [6.45, 7) is 2.36. The van der Waals surface area contributed by atoms with Gasteiger partial charge in [-0.05, 0) is 48.7 Å². The Kier molecular flexibility index (Phi) is 3.39. The summed E-state index contributed by atoms with van der Waals surface area (Å²) in [4.78, 5) is 16.1. The lowest BCUT2D eigenvalue weighted by molar-refractivity contribution is -0.137. The molecule has 1 aliphatic carbocycles. The number of hydrogen-bond acceptors (Lipinski definition) is 3. The van der Waals surface area contributed by atoms with Crippen LogP contribution < -0.4 is 5.73 Å². The van der Waals surface area contributed by atoms with Crippen LogP contribution in [0.15, 0.2) is 11.4 Å². The van der Waals surface area contributed by atoms with E-state index in [9.17, 15) is 4.79 Å². The number of nitrogens with two attached hydrogens (primary N) is 1. The molecule has 1 aromatic rings. The standard InChI is InChI=1S/C14H20N2OS/c15-8-10-2-1-3-12(10)14(17)16-6-4-13-11(9-16)5-7-18-13/h5,7,10,12H,1-4,6,8-9,15H2/t10-,12-/m1/s1. The summed E-state index contributed by atoms with van der Waals surface area (Å²) in [7, 11) is 0. The van der Waals surface area contributed by atoms with Gasteiger partial charge in [-0.1, -0.05) is 6.42 Å². The smallest absolute Gasteiger partial charge is 0.226 e. The molecule has 4 heteroatoms. The van der Waals surface area contributed by atoms with E-state index >= 15 is 0 Å². The lowest BCUT2D eigenvalue weighted by Crippen LogP contribution is -2.41. The fourth-order valence-electron chi connectivity index (χ4n) is 3.32. The van der Waals surface area contributed by atoms with Crippen molar-refractivity contribution in [3.63, 3.8) is 0 Å². The van der Waals surface area contributed by atoms with E-state index in [4.69, 9.17) is 5.73 Å². The predicted molar refractivity (Wildman–Crippen MR) is 73.3 cm³/mol. The van der Waals surface area contributed by atoms with Crippen LogP contribution in [0.3, 0.4) is 0 Å². The number of fused-ring (bicyclic) bond motifs is 1. The topological polar surface area (TPSA) is 46.3 Å². The normalized spacial score (nSPS) is 27.3. The van der Waals surface area contributed by atoms with Gasteiger partial charge < -0.3 is 10.6 Å². The Morgan fingerprint density at radius 3 is 3.22 bits per heavy atom. The molecule has 1 fully saturated rings. The highest BCUT2D eigenvalue weighted by Gasteiger charge is 2.35. The zero-order valence-electron chi connectivity index (χ0n) is 10.6. The number of carbonyl (C=O) groups is 1. The van der Waals surface area contributed by atoms with E-state index in [2.05, 4.69) is 11.4 Å². The molecule has 1 saturated carbocycles. The number of hydrogen-bond donors (Lipinski definition) is 1. The second-order valence-electron chi connectivity index (χ2n) is 5.41. The molecule has 0 aromatic carbocycles. The third kappa shape index (κ3) is 2.08. The van der Waals surface area contributed by atoms with Gasteiger partial charge in [0.2, 0.25) is 5.91 Å². The van der Waals surface area contributed by atoms with E-state index in [1.54, 1.807) is 0 Å². The minimum absolute atomic E-state index is 0.190. The van der Waals surface area contributed by atoms with Crippen molar-refractivity contribution in [3.8, 4) is 0 Å². The van der Waals surface area contributed by atoms with Gasteiger partial charge in [-0.15, -0.1) is 11.3 Å². The zero-order chi connectivity index (χ0) is 12.5. The van der Waals surface area contributed by atoms with Crippen molar-refractivity contribution in [2.45, 2.75) is 32.2 Å². The van der Waals surface area contributed by atoms with Crippen molar-refractivity contribution in [2.24, 2.45) is 17.6 Å². The monoisotopic (exact) mass is 264 g/mol. The van der Waals surface area contributed by atoms with Crippen LogP contribution in [0.2, 0.25) is 0 Å². The van der Waals surface area contributed by atoms with Crippen LogP contribution in [-0.4, -0.2) is 23.9 Å². The predicted octanol–water partition coefficient (Wildman–Crippen LogP) is 2.01. The summed E-state index contributed by atoms with van der Waals surface area (Å²) >= 11 is 1.82. The average molecular weight is 264 g/mol. The molecule has 0 saturated heterocycles. The maximum Gasteiger partial charge on any atom is 0.226 e. The summed E-state index contributed by atoms with van der Waals surface area (Å²) in [6, 6.07) is 2.16. The summed E-state index contributed by atoms with van der Waals surface area (Å²) < 4.78 is 0. The van der Waals surface area contributed by atoms with Crippen LogP contribution >= 0.6 is 11.3 Å². The highest BCUT2D eigenvalue weighted by Crippen LogP contribution is 2.34. The van der Waals surface area contributed by atoms with Gasteiger partial charge in [0, 0.05) is 23.9 Å². The van der Waals surface area contributed by atoms with Crippen LogP contribution in [-0.2, 0) is 17.8 Å². The number of carbonyl (C=O) groups excluding carboxylic acids is 1. The molecule has 1 amide bonds. The Morgan fingerprint density at radius 1 is 1.50 bits per heavy atom. The SMILES string of the molecule is NC[C@H]1CCC[C@H]1C(=O)N1CCc2sccc2C1. The van der Waals surface area contributed by atoms with Gasteiger partial charge >= 0.3 is 0 Å². The van der Waals surface area contributed by atoms with Crippen molar-refractivity contribution in [2.75, 3.05) is 13.1 Å². The average Bonchev–Trinajstić information content (AvgIpc) is 3.05. The van der Waals surface area contributed by atoms with Gasteiger partial charge in [0.15, 0.2) is 0 Å². The van der Waals surface area contributed by atoms with Crippen molar-refractivity contribution >= 4 is 17.2 Å². The highest BCUT2D eigenvalue weighted by molar-refractivity contribution is 7.10. The Bertz CT molecular complexity index is 443. The molecule has 0 spiro atoms. The van der Waals surface area contributed by atoms with Crippen LogP contribution in [0, 0.1) is 11.8 Å². The molecule has 0 radical (unpaired) electrons. The van der Waals surface area contributed by atoms with Crippen LogP contribution in [0.5, 0.6) is 0 Å². The first kappa shape index (κ1) is 12.2. The first-order valence-electron chi connectivity index (χ1n) is 6.83. The maximum absolute atomic E-state index is 12.6. The largest absolute Gasteiger partial charge is 0.338 e. The molecule has 2 N–H and O–H groups in total. The van der Waals surface area contributed by atoms with Crippen molar-refractivity contribution in [1.29, 1.82) is 0 Å². The molecule has 1 aliphatic heterocycles. The molecular formula is C14H20N2OS. The molecule has 3 nitrogen and oxygen atoms in total. The molecule has 18 heavy (non-hydrogen) atoms. The van der Waals surface area contributed by atoms with Crippen molar-refractivity contribution in [1.82, 2.24) is 4.90 Å². The summed E-state index contributed by atoms with van der Waals surface area (Å²) in [5.41, 5.74) is 7.13. The van der Waals surface area contributed by atoms with E-state index in [1.807, 2.05) is 16.2 Å². The molecule has 2 aliphatic rings. The van der Waals surface area contributed by atoms with E-state index in [1.165, 1.54) is 10.4 Å². The minimum Gasteiger partial charge on any atom is -0.338 e. The lowest BCUT2D eigenvalue weighted by atomic mass is 9.94. The highest BCUT2D eigenvalue weighted by atomic mass is 32.1. The van der Waals surface area contributed by atoms with Gasteiger partial charge in [-0.25, -0.2) is 0 Å². The minimum atomic E-state index is 0.190. The first-order valence-corrected chi connectivity index (χ1v) is 7.71. The molecule has 98 valence electrons. The lowest BCUT2D eigenvalue weighted by Gasteiger charge is -2.31. The van der Waals surface area contributed by atoms with Gasteiger partial charge in [0.1, 0.15) is 0 Å². The van der Waals surface area contributed by atoms with Gasteiger partial charge in [-0.3, -0.25) is 4.79 Å². The first-order chi connectivity index (χ1) is 8.79. The molecule has 2 atom stereocenters. The quantitative estimate of drug-likeness (QED) is 0.888. The van der Waals surface area contributed by atoms with E-state index in [0.29, 0.717) is 18.4 Å². The van der Waals surface area contributed by atoms with Gasteiger partial charge in [0.25, 0.3) is 0 Å². The van der Waals surface area contributed by atoms with Gasteiger partial charge in [0.05, 0.1) is 0 Å². The fraction of sp³-hybridized carbons (Fsp3) is 0.643. The van der Waals surface area contributed by atoms with Crippen LogP contribution in [0.1, 0.15) is 29.7 Å². The van der Waals surface area contributed by atoms with Crippen LogP contribution in [0.25, 0.3) is 0 Å². The Hall–Kier alpha value is -0.870. The molecular weight excluding hydrogens is 244 g/mol. The molecule has 0 unspecified atom stereocenters. The second-order valence-corrected chi connectivity index (χ2v) is 6.41. The Morgan fingerprint density at radius 2 is 2.39 bits per heavy atom. The number of amides is 1. The maximum atomic E-state index is 12.6. The fourth-order valence-corrected chi connectivity index (χ4v) is 4.20. The zero-order valence-corrected chi connectivity index (χ0v) is 11.4. The summed E-state index contributed by atoms with van der Waals surface area (Å²) in [6.07, 6.45) is 4.35. The second kappa shape index (κ2) is 5.02. The third-order valence-corrected chi connectivity index (χ3v) is 5.42. The van der Waals surface area contributed by atoms with E-state index in [0.717, 1.165) is 38.8 Å². The molecule has 1 aromatic heterocycles. The Labute approximate surface area is 112 Å².